The van der Waals surface area contributed by atoms with Crippen LogP contribution < -0.4 is 0 Å². The minimum Gasteiger partial charge on any atom is -0.507 e. The summed E-state index contributed by atoms with van der Waals surface area (Å²) < 4.78 is 67.5. The molecule has 118 valence electrons. The summed E-state index contributed by atoms with van der Waals surface area (Å²) in [4.78, 5) is 24.3. The zero-order valence-electron chi connectivity index (χ0n) is 10.7. The number of hydrogen-bond donors (Lipinski definition) is 2. The Hall–Kier alpha value is -2.97. The quantitative estimate of drug-likeness (QED) is 0.288. The summed E-state index contributed by atoms with van der Waals surface area (Å²) in [5, 5.41) is 19.1. The van der Waals surface area contributed by atoms with Gasteiger partial charge in [-0.1, -0.05) is 0 Å². The Kier molecular flexibility index (Phi) is 2.93. The maximum Gasteiger partial charge on any atom is 0.201 e. The predicted molar refractivity (Wildman–Crippen MR) is 62.9 cm³/mol. The Labute approximate surface area is 123 Å². The molecular formula is C14H3F5O4. The van der Waals surface area contributed by atoms with E-state index in [1.54, 1.807) is 0 Å². The maximum atomic E-state index is 13.8. The fourth-order valence-corrected chi connectivity index (χ4v) is 2.39. The molecule has 0 amide bonds. The van der Waals surface area contributed by atoms with E-state index in [0.29, 0.717) is 0 Å². The summed E-state index contributed by atoms with van der Waals surface area (Å²) in [6.07, 6.45) is 0. The van der Waals surface area contributed by atoms with Gasteiger partial charge in [-0.25, -0.2) is 22.0 Å². The third-order valence-corrected chi connectivity index (χ3v) is 3.41. The zero-order chi connectivity index (χ0) is 17.2. The number of carbonyl (C=O) groups is 2. The van der Waals surface area contributed by atoms with Crippen LogP contribution in [0, 0.1) is 29.1 Å². The fourth-order valence-electron chi connectivity index (χ4n) is 2.39. The van der Waals surface area contributed by atoms with Crippen LogP contribution in [0.15, 0.2) is 6.07 Å². The van der Waals surface area contributed by atoms with Crippen molar-refractivity contribution in [2.45, 2.75) is 0 Å². The molecule has 0 heterocycles. The summed E-state index contributed by atoms with van der Waals surface area (Å²) in [5.74, 6) is -16.3. The molecule has 1 aliphatic carbocycles. The summed E-state index contributed by atoms with van der Waals surface area (Å²) in [5.41, 5.74) is -5.13. The topological polar surface area (TPSA) is 74.6 Å². The van der Waals surface area contributed by atoms with Gasteiger partial charge < -0.3 is 10.2 Å². The van der Waals surface area contributed by atoms with E-state index in [-0.39, 0.29) is 6.07 Å². The average molecular weight is 330 g/mol. The molecule has 2 aromatic carbocycles. The van der Waals surface area contributed by atoms with Crippen LogP contribution in [-0.2, 0) is 0 Å². The molecule has 0 aliphatic heterocycles. The predicted octanol–water partition coefficient (Wildman–Crippen LogP) is 2.57. The van der Waals surface area contributed by atoms with Gasteiger partial charge in [-0.05, 0) is 0 Å². The standard InChI is InChI=1S/C14H3F5O4/c15-2-1-3(20)4-7(12(2)21)14(23)6-5(13(4)22)8(16)10(18)11(19)9(6)17/h1,20-21H. The highest BCUT2D eigenvalue weighted by Gasteiger charge is 2.42. The van der Waals surface area contributed by atoms with Gasteiger partial charge in [0.15, 0.2) is 34.8 Å². The second kappa shape index (κ2) is 4.51. The lowest BCUT2D eigenvalue weighted by atomic mass is 9.82. The van der Waals surface area contributed by atoms with Crippen molar-refractivity contribution in [1.29, 1.82) is 0 Å². The van der Waals surface area contributed by atoms with E-state index >= 15 is 0 Å². The van der Waals surface area contributed by atoms with Gasteiger partial charge in [0.2, 0.25) is 11.6 Å². The normalized spacial score (nSPS) is 13.1. The van der Waals surface area contributed by atoms with Crippen molar-refractivity contribution >= 4 is 11.6 Å². The molecule has 4 nitrogen and oxygen atoms in total. The zero-order valence-corrected chi connectivity index (χ0v) is 10.7. The molecule has 0 fully saturated rings. The van der Waals surface area contributed by atoms with Crippen LogP contribution in [-0.4, -0.2) is 21.8 Å². The Morgan fingerprint density at radius 1 is 0.652 bits per heavy atom. The number of aromatic hydroxyl groups is 2. The second-order valence-corrected chi connectivity index (χ2v) is 4.64. The van der Waals surface area contributed by atoms with Gasteiger partial charge in [0.1, 0.15) is 5.75 Å². The molecule has 0 atom stereocenters. The minimum atomic E-state index is -2.34. The smallest absolute Gasteiger partial charge is 0.201 e. The van der Waals surface area contributed by atoms with Gasteiger partial charge in [-0.2, -0.15) is 0 Å². The molecule has 2 N–H and O–H groups in total. The average Bonchev–Trinajstić information content (AvgIpc) is 2.49. The highest BCUT2D eigenvalue weighted by Crippen LogP contribution is 2.41. The first kappa shape index (κ1) is 14.9. The molecule has 9 heteroatoms. The summed E-state index contributed by atoms with van der Waals surface area (Å²) in [6.45, 7) is 0. The van der Waals surface area contributed by atoms with Gasteiger partial charge in [0.25, 0.3) is 0 Å². The molecule has 23 heavy (non-hydrogen) atoms. The van der Waals surface area contributed by atoms with Crippen molar-refractivity contribution in [3.8, 4) is 11.5 Å². The molecule has 0 aromatic heterocycles. The lowest BCUT2D eigenvalue weighted by molar-refractivity contribution is 0.0963. The Morgan fingerprint density at radius 3 is 1.57 bits per heavy atom. The number of rotatable bonds is 0. The summed E-state index contributed by atoms with van der Waals surface area (Å²) in [7, 11) is 0. The molecule has 3 rings (SSSR count). The van der Waals surface area contributed by atoms with Crippen LogP contribution in [0.4, 0.5) is 22.0 Å². The Balaban J connectivity index is 2.51. The molecule has 0 radical (unpaired) electrons. The molecule has 0 spiro atoms. The minimum absolute atomic E-state index is 0.262. The van der Waals surface area contributed by atoms with Crippen LogP contribution in [0.25, 0.3) is 0 Å². The number of benzene rings is 2. The summed E-state index contributed by atoms with van der Waals surface area (Å²) >= 11 is 0. The van der Waals surface area contributed by atoms with Gasteiger partial charge in [-0.15, -0.1) is 0 Å². The Bertz CT molecular complexity index is 936. The fraction of sp³-hybridized carbons (Fsp3) is 0. The summed E-state index contributed by atoms with van der Waals surface area (Å²) in [6, 6.07) is 0.262. The van der Waals surface area contributed by atoms with Crippen molar-refractivity contribution in [2.24, 2.45) is 0 Å². The van der Waals surface area contributed by atoms with E-state index in [4.69, 9.17) is 0 Å². The van der Waals surface area contributed by atoms with Crippen LogP contribution >= 0.6 is 0 Å². The third kappa shape index (κ3) is 1.70. The molecule has 0 unspecified atom stereocenters. The number of ketones is 2. The first-order chi connectivity index (χ1) is 10.7. The van der Waals surface area contributed by atoms with E-state index in [1.807, 2.05) is 0 Å². The highest BCUT2D eigenvalue weighted by molar-refractivity contribution is 6.30. The molecule has 0 saturated carbocycles. The SMILES string of the molecule is O=C1c2c(O)cc(F)c(O)c2C(=O)c2c(F)c(F)c(F)c(F)c21. The first-order valence-electron chi connectivity index (χ1n) is 5.88. The number of halogens is 5. The van der Waals surface area contributed by atoms with Crippen molar-refractivity contribution in [3.63, 3.8) is 0 Å². The Morgan fingerprint density at radius 2 is 1.09 bits per heavy atom. The first-order valence-corrected chi connectivity index (χ1v) is 5.88. The number of carbonyl (C=O) groups excluding carboxylic acids is 2. The van der Waals surface area contributed by atoms with Crippen LogP contribution in [0.5, 0.6) is 11.5 Å². The second-order valence-electron chi connectivity index (χ2n) is 4.64. The largest absolute Gasteiger partial charge is 0.507 e. The van der Waals surface area contributed by atoms with Crippen molar-refractivity contribution in [1.82, 2.24) is 0 Å². The van der Waals surface area contributed by atoms with E-state index in [0.717, 1.165) is 0 Å². The van der Waals surface area contributed by atoms with Crippen LogP contribution in [0.3, 0.4) is 0 Å². The number of phenolic OH excluding ortho intramolecular Hbond substituents is 2. The lowest BCUT2D eigenvalue weighted by Gasteiger charge is -2.20. The third-order valence-electron chi connectivity index (χ3n) is 3.41. The highest BCUT2D eigenvalue weighted by atomic mass is 19.2. The maximum absolute atomic E-state index is 13.8. The molecule has 1 aliphatic rings. The van der Waals surface area contributed by atoms with Crippen LogP contribution in [0.2, 0.25) is 0 Å². The number of phenols is 2. The van der Waals surface area contributed by atoms with E-state index in [2.05, 4.69) is 0 Å². The van der Waals surface area contributed by atoms with Gasteiger partial charge >= 0.3 is 0 Å². The molecule has 0 bridgehead atoms. The molecule has 0 saturated heterocycles. The lowest BCUT2D eigenvalue weighted by Crippen LogP contribution is -2.26. The van der Waals surface area contributed by atoms with Gasteiger partial charge in [0.05, 0.1) is 22.3 Å². The monoisotopic (exact) mass is 330 g/mol. The van der Waals surface area contributed by atoms with Crippen molar-refractivity contribution < 1.29 is 41.8 Å². The van der Waals surface area contributed by atoms with E-state index in [1.165, 1.54) is 0 Å². The van der Waals surface area contributed by atoms with Crippen LogP contribution in [0.1, 0.15) is 31.8 Å². The number of fused-ring (bicyclic) bond motifs is 2. The van der Waals surface area contributed by atoms with Gasteiger partial charge in [-0.3, -0.25) is 9.59 Å². The number of hydrogen-bond acceptors (Lipinski definition) is 4. The van der Waals surface area contributed by atoms with E-state index < -0.39 is 74.4 Å². The van der Waals surface area contributed by atoms with Gasteiger partial charge in [0, 0.05) is 6.07 Å². The molecular weight excluding hydrogens is 327 g/mol. The van der Waals surface area contributed by atoms with E-state index in [9.17, 15) is 41.8 Å². The van der Waals surface area contributed by atoms with Crippen molar-refractivity contribution in [2.75, 3.05) is 0 Å². The molecule has 2 aromatic rings. The van der Waals surface area contributed by atoms with Crippen molar-refractivity contribution in [3.05, 3.63) is 57.4 Å².